The molecule has 4 amide bonds. The number of carbonyl (C=O) groups excluding carboxylic acids is 3. The molecule has 1 atom stereocenters. The molecule has 3 aliphatic heterocycles. The van der Waals surface area contributed by atoms with Crippen molar-refractivity contribution in [2.75, 3.05) is 31.1 Å². The minimum atomic E-state index is -1.64. The third-order valence-electron chi connectivity index (χ3n) is 7.93. The number of benzene rings is 1. The van der Waals surface area contributed by atoms with E-state index in [1.807, 2.05) is 12.1 Å². The Morgan fingerprint density at radius 1 is 0.968 bits per heavy atom. The van der Waals surface area contributed by atoms with Gasteiger partial charge in [-0.25, -0.2) is 9.69 Å². The molecule has 0 unspecified atom stereocenters. The first-order valence-electron chi connectivity index (χ1n) is 11.6. The second-order valence-electron chi connectivity index (χ2n) is 9.53. The number of fused-ring (bicyclic) bond motifs is 1. The first kappa shape index (κ1) is 20.5. The molecule has 3 heterocycles. The number of likely N-dealkylation sites (tertiary alicyclic amines) is 1. The monoisotopic (exact) mass is 423 g/mol. The summed E-state index contributed by atoms with van der Waals surface area (Å²) in [4.78, 5) is 43.6. The molecule has 0 aromatic heterocycles. The Hall–Kier alpha value is -2.41. The lowest BCUT2D eigenvalue weighted by Crippen LogP contribution is -2.61. The molecule has 7 heteroatoms. The Kier molecular flexibility index (Phi) is 5.04. The zero-order valence-corrected chi connectivity index (χ0v) is 18.0. The van der Waals surface area contributed by atoms with Crippen molar-refractivity contribution in [1.82, 2.24) is 9.80 Å². The summed E-state index contributed by atoms with van der Waals surface area (Å²) in [5.41, 5.74) is 5.98. The topological polar surface area (TPSA) is 86.9 Å². The number of carbonyl (C=O) groups is 3. The van der Waals surface area contributed by atoms with Crippen LogP contribution in [0.3, 0.4) is 0 Å². The maximum Gasteiger partial charge on any atom is 0.332 e. The van der Waals surface area contributed by atoms with E-state index in [4.69, 9.17) is 5.73 Å². The van der Waals surface area contributed by atoms with Crippen LogP contribution in [0.4, 0.5) is 10.5 Å². The number of hydrogen-bond acceptors (Lipinski definition) is 4. The van der Waals surface area contributed by atoms with Crippen molar-refractivity contribution in [3.63, 3.8) is 0 Å². The van der Waals surface area contributed by atoms with Crippen molar-refractivity contribution >= 4 is 23.5 Å². The van der Waals surface area contributed by atoms with Crippen LogP contribution in [-0.2, 0) is 15.0 Å². The van der Waals surface area contributed by atoms with Gasteiger partial charge >= 0.3 is 6.03 Å². The van der Waals surface area contributed by atoms with E-state index in [1.54, 1.807) is 6.42 Å². The largest absolute Gasteiger partial charge is 0.367 e. The average Bonchev–Trinajstić information content (AvgIpc) is 3.34. The molecule has 1 radical (unpaired) electrons. The Morgan fingerprint density at radius 3 is 2.26 bits per heavy atom. The van der Waals surface area contributed by atoms with Gasteiger partial charge in [0, 0.05) is 13.0 Å². The van der Waals surface area contributed by atoms with E-state index < -0.39 is 23.4 Å². The smallest absolute Gasteiger partial charge is 0.332 e. The standard InChI is InChI=1S/C24H31N4O3/c25-20(29)24-12-1-2-16-27(24)22(31)28(21(24)30)19-8-6-18(7-9-19)23(10-5-11-23)13-17-26-14-3-4-15-26/h6-9,12H,1-5,10-11,13-17H2,(H2,25,29)/t24-/m0/s1. The molecule has 0 bridgehead atoms. The van der Waals surface area contributed by atoms with Crippen LogP contribution < -0.4 is 10.6 Å². The molecule has 31 heavy (non-hydrogen) atoms. The zero-order valence-electron chi connectivity index (χ0n) is 18.0. The maximum atomic E-state index is 13.2. The van der Waals surface area contributed by atoms with Crippen molar-refractivity contribution in [3.8, 4) is 0 Å². The summed E-state index contributed by atoms with van der Waals surface area (Å²) in [7, 11) is 0. The summed E-state index contributed by atoms with van der Waals surface area (Å²) in [5.74, 6) is -1.33. The number of anilines is 1. The van der Waals surface area contributed by atoms with Crippen molar-refractivity contribution in [2.45, 2.75) is 62.3 Å². The summed E-state index contributed by atoms with van der Waals surface area (Å²) in [6.07, 6.45) is 10.3. The summed E-state index contributed by atoms with van der Waals surface area (Å²) in [6, 6.07) is 7.39. The molecule has 1 saturated carbocycles. The second kappa shape index (κ2) is 7.62. The first-order valence-corrected chi connectivity index (χ1v) is 11.6. The fourth-order valence-electron chi connectivity index (χ4n) is 5.87. The lowest BCUT2D eigenvalue weighted by molar-refractivity contribution is -0.136. The number of amides is 4. The lowest BCUT2D eigenvalue weighted by Gasteiger charge is -2.43. The zero-order chi connectivity index (χ0) is 21.6. The Morgan fingerprint density at radius 2 is 1.68 bits per heavy atom. The molecular weight excluding hydrogens is 392 g/mol. The fourth-order valence-corrected chi connectivity index (χ4v) is 5.87. The molecule has 1 aromatic rings. The van der Waals surface area contributed by atoms with Crippen LogP contribution in [0.2, 0.25) is 0 Å². The van der Waals surface area contributed by atoms with Gasteiger partial charge in [-0.15, -0.1) is 0 Å². The SMILES string of the molecule is NC(=O)[C@]12[CH]CCCN1C(=O)N(c1ccc(C3(CCN4CCCC4)CCC3)cc1)C2=O. The van der Waals surface area contributed by atoms with Crippen LogP contribution in [0.15, 0.2) is 24.3 Å². The van der Waals surface area contributed by atoms with Crippen LogP contribution in [-0.4, -0.2) is 59.4 Å². The minimum absolute atomic E-state index is 0.208. The molecule has 0 spiro atoms. The van der Waals surface area contributed by atoms with Crippen LogP contribution in [0.25, 0.3) is 0 Å². The van der Waals surface area contributed by atoms with Gasteiger partial charge in [-0.2, -0.15) is 0 Å². The third-order valence-corrected chi connectivity index (χ3v) is 7.93. The van der Waals surface area contributed by atoms with Gasteiger partial charge in [-0.05, 0) is 87.7 Å². The molecule has 3 saturated heterocycles. The number of primary amides is 1. The van der Waals surface area contributed by atoms with E-state index in [0.717, 1.165) is 24.3 Å². The average molecular weight is 424 g/mol. The van der Waals surface area contributed by atoms with E-state index in [9.17, 15) is 14.4 Å². The molecular formula is C24H31N4O3. The molecule has 165 valence electrons. The Bertz CT molecular complexity index is 889. The van der Waals surface area contributed by atoms with Crippen molar-refractivity contribution < 1.29 is 14.4 Å². The van der Waals surface area contributed by atoms with Gasteiger partial charge in [0.1, 0.15) is 0 Å². The molecule has 4 aliphatic rings. The lowest BCUT2D eigenvalue weighted by atomic mass is 9.62. The van der Waals surface area contributed by atoms with Gasteiger partial charge in [0.05, 0.1) is 5.69 Å². The predicted molar refractivity (Wildman–Crippen MR) is 117 cm³/mol. The quantitative estimate of drug-likeness (QED) is 0.563. The van der Waals surface area contributed by atoms with Crippen LogP contribution in [0.1, 0.15) is 56.9 Å². The van der Waals surface area contributed by atoms with Crippen LogP contribution in [0.5, 0.6) is 0 Å². The molecule has 4 fully saturated rings. The number of nitrogens with zero attached hydrogens (tertiary/aromatic N) is 3. The van der Waals surface area contributed by atoms with E-state index in [2.05, 4.69) is 17.0 Å². The van der Waals surface area contributed by atoms with E-state index in [1.165, 1.54) is 55.7 Å². The summed E-state index contributed by atoms with van der Waals surface area (Å²) < 4.78 is 0. The predicted octanol–water partition coefficient (Wildman–Crippen LogP) is 2.58. The number of piperidine rings is 1. The van der Waals surface area contributed by atoms with Crippen molar-refractivity contribution in [1.29, 1.82) is 0 Å². The number of rotatable bonds is 6. The van der Waals surface area contributed by atoms with Gasteiger partial charge in [-0.1, -0.05) is 18.6 Å². The molecule has 2 N–H and O–H groups in total. The summed E-state index contributed by atoms with van der Waals surface area (Å²) in [5, 5.41) is 0. The molecule has 1 aromatic carbocycles. The highest BCUT2D eigenvalue weighted by molar-refractivity contribution is 6.31. The molecule has 5 rings (SSSR count). The van der Waals surface area contributed by atoms with Gasteiger partial charge in [0.15, 0.2) is 0 Å². The second-order valence-corrected chi connectivity index (χ2v) is 9.53. The van der Waals surface area contributed by atoms with Gasteiger partial charge in [0.25, 0.3) is 11.8 Å². The van der Waals surface area contributed by atoms with E-state index in [-0.39, 0.29) is 5.41 Å². The number of imide groups is 1. The first-order chi connectivity index (χ1) is 15.0. The Labute approximate surface area is 183 Å². The summed E-state index contributed by atoms with van der Waals surface area (Å²) in [6.45, 7) is 3.92. The molecule has 1 aliphatic carbocycles. The highest BCUT2D eigenvalue weighted by Crippen LogP contribution is 2.47. The molecule has 7 nitrogen and oxygen atoms in total. The van der Waals surface area contributed by atoms with Gasteiger partial charge in [-0.3, -0.25) is 9.59 Å². The normalized spacial score (nSPS) is 28.0. The van der Waals surface area contributed by atoms with Crippen LogP contribution in [0, 0.1) is 6.42 Å². The van der Waals surface area contributed by atoms with Gasteiger partial charge < -0.3 is 15.5 Å². The number of nitrogens with two attached hydrogens (primary N) is 1. The highest BCUT2D eigenvalue weighted by Gasteiger charge is 2.62. The van der Waals surface area contributed by atoms with Gasteiger partial charge in [0.2, 0.25) is 5.54 Å². The third kappa shape index (κ3) is 3.08. The number of urea groups is 1. The van der Waals surface area contributed by atoms with Crippen molar-refractivity contribution in [2.24, 2.45) is 5.73 Å². The highest BCUT2D eigenvalue weighted by atomic mass is 16.2. The van der Waals surface area contributed by atoms with Crippen molar-refractivity contribution in [3.05, 3.63) is 36.2 Å². The fraction of sp³-hybridized carbons (Fsp3) is 0.583. The minimum Gasteiger partial charge on any atom is -0.367 e. The maximum absolute atomic E-state index is 13.2. The van der Waals surface area contributed by atoms with E-state index >= 15 is 0 Å². The summed E-state index contributed by atoms with van der Waals surface area (Å²) >= 11 is 0. The Balaban J connectivity index is 1.37. The number of hydrogen-bond donors (Lipinski definition) is 1. The van der Waals surface area contributed by atoms with E-state index in [0.29, 0.717) is 18.7 Å². The van der Waals surface area contributed by atoms with Crippen LogP contribution >= 0.6 is 0 Å².